The predicted octanol–water partition coefficient (Wildman–Crippen LogP) is 0.440. The smallest absolute Gasteiger partial charge is 0.259 e. The van der Waals surface area contributed by atoms with E-state index < -0.39 is 0 Å². The van der Waals surface area contributed by atoms with E-state index in [1.165, 1.54) is 0 Å². The van der Waals surface area contributed by atoms with Gasteiger partial charge in [0, 0.05) is 0 Å². The van der Waals surface area contributed by atoms with E-state index in [0.717, 1.165) is 11.1 Å². The Hall–Kier alpha value is -1.90. The van der Waals surface area contributed by atoms with Crippen molar-refractivity contribution in [3.63, 3.8) is 0 Å². The first-order valence-corrected chi connectivity index (χ1v) is 3.98. The van der Waals surface area contributed by atoms with Crippen LogP contribution in [-0.4, -0.2) is 4.98 Å². The quantitative estimate of drug-likeness (QED) is 0.533. The third-order valence-electron chi connectivity index (χ3n) is 2.39. The van der Waals surface area contributed by atoms with E-state index in [-0.39, 0.29) is 11.1 Å². The first-order chi connectivity index (χ1) is 6.27. The van der Waals surface area contributed by atoms with Crippen LogP contribution in [0.25, 0.3) is 11.1 Å². The highest BCUT2D eigenvalue weighted by Gasteiger charge is 2.13. The molecule has 3 aliphatic rings. The lowest BCUT2D eigenvalue weighted by molar-refractivity contribution is 1.22. The fourth-order valence-corrected chi connectivity index (χ4v) is 1.82. The summed E-state index contributed by atoms with van der Waals surface area (Å²) in [6.45, 7) is 0. The van der Waals surface area contributed by atoms with E-state index >= 15 is 0 Å². The zero-order chi connectivity index (χ0) is 9.00. The van der Waals surface area contributed by atoms with Gasteiger partial charge in [0.25, 0.3) is 11.1 Å². The van der Waals surface area contributed by atoms with Crippen LogP contribution in [0.5, 0.6) is 0 Å². The maximum absolute atomic E-state index is 11.3. The van der Waals surface area contributed by atoms with Crippen LogP contribution in [0.15, 0.2) is 33.9 Å². The zero-order valence-corrected chi connectivity index (χ0v) is 6.63. The van der Waals surface area contributed by atoms with E-state index in [2.05, 4.69) is 4.98 Å². The molecule has 0 fully saturated rings. The lowest BCUT2D eigenvalue weighted by Gasteiger charge is -1.83. The van der Waals surface area contributed by atoms with Gasteiger partial charge in [0.1, 0.15) is 0 Å². The van der Waals surface area contributed by atoms with Crippen molar-refractivity contribution in [3.05, 3.63) is 55.4 Å². The molecule has 0 atom stereocenters. The molecule has 1 heterocycles. The first-order valence-electron chi connectivity index (χ1n) is 3.98. The van der Waals surface area contributed by atoms with Gasteiger partial charge in [0.05, 0.1) is 10.4 Å². The molecule has 0 amide bonds. The van der Waals surface area contributed by atoms with Crippen molar-refractivity contribution in [2.75, 3.05) is 0 Å². The van der Waals surface area contributed by atoms with E-state index in [0.29, 0.717) is 10.4 Å². The number of fused-ring (bicyclic) bond motifs is 2. The molecule has 3 rings (SSSR count). The monoisotopic (exact) mass is 171 g/mol. The molecule has 1 N–H and O–H groups in total. The minimum atomic E-state index is -0.281. The number of hydrogen-bond donors (Lipinski definition) is 1. The van der Waals surface area contributed by atoms with Gasteiger partial charge in [-0.05, 0) is 17.2 Å². The molecule has 0 spiro atoms. The number of aromatic nitrogens is 1. The van der Waals surface area contributed by atoms with Gasteiger partial charge in [-0.25, -0.2) is 0 Å². The number of aromatic amines is 1. The first kappa shape index (κ1) is 6.60. The van der Waals surface area contributed by atoms with Gasteiger partial charge in [-0.3, -0.25) is 14.6 Å². The fourth-order valence-electron chi connectivity index (χ4n) is 1.82. The third kappa shape index (κ3) is 0.643. The van der Waals surface area contributed by atoms with Gasteiger partial charge in [0.2, 0.25) is 0 Å². The van der Waals surface area contributed by atoms with Crippen LogP contribution in [0, 0.1) is 10.4 Å². The Bertz CT molecular complexity index is 685. The summed E-state index contributed by atoms with van der Waals surface area (Å²) in [5, 5.41) is 1.04. The van der Waals surface area contributed by atoms with Crippen molar-refractivity contribution in [1.82, 2.24) is 4.98 Å². The number of hydrogen-bond acceptors (Lipinski definition) is 2. The maximum Gasteiger partial charge on any atom is 0.259 e. The molecule has 3 heteroatoms. The van der Waals surface area contributed by atoms with Crippen molar-refractivity contribution in [3.8, 4) is 11.1 Å². The molecule has 0 aromatic heterocycles. The molecule has 1 aliphatic heterocycles. The summed E-state index contributed by atoms with van der Waals surface area (Å²) in [6.07, 6.45) is 0. The van der Waals surface area contributed by atoms with Gasteiger partial charge < -0.3 is 0 Å². The summed E-state index contributed by atoms with van der Waals surface area (Å²) in [7, 11) is 0. The standard InChI is InChI=1S/C10H5NO2/c12-9-7-4-5-2-1-3-6(5)8(7)10(13)11-9/h1-4H,(H,11,12,13). The van der Waals surface area contributed by atoms with Crippen molar-refractivity contribution >= 4 is 0 Å². The molecule has 0 aromatic rings. The lowest BCUT2D eigenvalue weighted by Crippen LogP contribution is -2.08. The largest absolute Gasteiger partial charge is 0.288 e. The summed E-state index contributed by atoms with van der Waals surface area (Å²) in [5.74, 6) is 0. The van der Waals surface area contributed by atoms with Crippen LogP contribution in [0.1, 0.15) is 0 Å². The van der Waals surface area contributed by atoms with Gasteiger partial charge in [0.15, 0.2) is 0 Å². The SMILES string of the molecule is O=c1[nH]c(=O)c2c3cccc-3cc1=2. The minimum Gasteiger partial charge on any atom is -0.288 e. The van der Waals surface area contributed by atoms with E-state index in [4.69, 9.17) is 0 Å². The van der Waals surface area contributed by atoms with Crippen LogP contribution < -0.4 is 11.1 Å². The second-order valence-corrected chi connectivity index (χ2v) is 3.11. The van der Waals surface area contributed by atoms with Gasteiger partial charge in [-0.2, -0.15) is 0 Å². The van der Waals surface area contributed by atoms with Crippen LogP contribution in [0.2, 0.25) is 0 Å². The molecule has 2 aliphatic carbocycles. The highest BCUT2D eigenvalue weighted by Crippen LogP contribution is 2.24. The molecular weight excluding hydrogens is 166 g/mol. The molecule has 0 unspecified atom stereocenters. The van der Waals surface area contributed by atoms with Gasteiger partial charge in [-0.15, -0.1) is 0 Å². The highest BCUT2D eigenvalue weighted by molar-refractivity contribution is 5.69. The Balaban J connectivity index is 2.84. The molecule has 0 bridgehead atoms. The molecule has 0 saturated carbocycles. The summed E-state index contributed by atoms with van der Waals surface area (Å²) in [6, 6.07) is 7.38. The van der Waals surface area contributed by atoms with Crippen molar-refractivity contribution in [1.29, 1.82) is 0 Å². The van der Waals surface area contributed by atoms with E-state index in [1.54, 1.807) is 6.07 Å². The number of H-pyrrole nitrogens is 1. The molecular formula is C10H5NO2. The van der Waals surface area contributed by atoms with Crippen LogP contribution in [0.4, 0.5) is 0 Å². The summed E-state index contributed by atoms with van der Waals surface area (Å²) >= 11 is 0. The van der Waals surface area contributed by atoms with Crippen LogP contribution >= 0.6 is 0 Å². The van der Waals surface area contributed by atoms with Crippen molar-refractivity contribution in [2.24, 2.45) is 0 Å². The summed E-state index contributed by atoms with van der Waals surface area (Å²) < 4.78 is 0. The minimum absolute atomic E-state index is 0.277. The number of nitrogens with one attached hydrogen (secondary N) is 1. The van der Waals surface area contributed by atoms with Gasteiger partial charge >= 0.3 is 0 Å². The van der Waals surface area contributed by atoms with E-state index in [9.17, 15) is 9.59 Å². The molecule has 0 aromatic carbocycles. The Morgan fingerprint density at radius 2 is 1.92 bits per heavy atom. The molecule has 13 heavy (non-hydrogen) atoms. The average Bonchev–Trinajstić information content (AvgIpc) is 2.63. The second-order valence-electron chi connectivity index (χ2n) is 3.11. The zero-order valence-electron chi connectivity index (χ0n) is 6.63. The summed E-state index contributed by atoms with van der Waals surface area (Å²) in [5.41, 5.74) is 1.28. The Labute approximate surface area is 72.3 Å². The number of rotatable bonds is 0. The Morgan fingerprint density at radius 1 is 1.08 bits per heavy atom. The topological polar surface area (TPSA) is 49.9 Å². The third-order valence-corrected chi connectivity index (χ3v) is 2.39. The van der Waals surface area contributed by atoms with Crippen molar-refractivity contribution in [2.45, 2.75) is 0 Å². The van der Waals surface area contributed by atoms with Crippen LogP contribution in [-0.2, 0) is 0 Å². The molecule has 0 radical (unpaired) electrons. The van der Waals surface area contributed by atoms with Crippen LogP contribution in [0.3, 0.4) is 0 Å². The predicted molar refractivity (Wildman–Crippen MR) is 47.6 cm³/mol. The lowest BCUT2D eigenvalue weighted by atomic mass is 10.2. The summed E-state index contributed by atoms with van der Waals surface area (Å²) in [4.78, 5) is 24.8. The normalized spacial score (nSPS) is 11.7. The average molecular weight is 171 g/mol. The second kappa shape index (κ2) is 1.88. The molecule has 3 nitrogen and oxygen atoms in total. The Morgan fingerprint density at radius 3 is 2.77 bits per heavy atom. The maximum atomic E-state index is 11.3. The van der Waals surface area contributed by atoms with E-state index in [1.807, 2.05) is 18.2 Å². The van der Waals surface area contributed by atoms with Gasteiger partial charge in [-0.1, -0.05) is 18.2 Å². The van der Waals surface area contributed by atoms with Crippen molar-refractivity contribution < 1.29 is 0 Å². The Kier molecular flexibility index (Phi) is 0.953. The molecule has 0 saturated heterocycles. The fraction of sp³-hybridized carbons (Fsp3) is 0. The molecule has 62 valence electrons. The highest BCUT2D eigenvalue weighted by atomic mass is 16.2.